The topological polar surface area (TPSA) is 125 Å². The summed E-state index contributed by atoms with van der Waals surface area (Å²) < 4.78 is 44.2. The lowest BCUT2D eigenvalue weighted by molar-refractivity contribution is -0.192. The minimum Gasteiger partial charge on any atom is -0.475 e. The molecule has 3 N–H and O–H groups in total. The van der Waals surface area contributed by atoms with Crippen LogP contribution in [0.1, 0.15) is 52.4 Å². The number of hydrogen-bond acceptors (Lipinski definition) is 5. The Labute approximate surface area is 245 Å². The van der Waals surface area contributed by atoms with E-state index >= 15 is 0 Å². The number of rotatable bonds is 3. The second-order valence-corrected chi connectivity index (χ2v) is 11.7. The summed E-state index contributed by atoms with van der Waals surface area (Å²) in [5.74, 6) is -2.04. The van der Waals surface area contributed by atoms with Gasteiger partial charge in [0.25, 0.3) is 0 Å². The Kier molecular flexibility index (Phi) is 7.68. The average molecular weight is 597 g/mol. The molecule has 1 amide bonds. The van der Waals surface area contributed by atoms with Crippen molar-refractivity contribution in [2.75, 3.05) is 6.54 Å². The second kappa shape index (κ2) is 10.9. The molecule has 1 atom stereocenters. The van der Waals surface area contributed by atoms with Crippen LogP contribution in [0.25, 0.3) is 32.9 Å². The number of carboxylic acids is 1. The maximum atomic E-state index is 11.6. The minimum atomic E-state index is -5.08. The van der Waals surface area contributed by atoms with Gasteiger partial charge in [0.2, 0.25) is 0 Å². The molecule has 1 aromatic heterocycles. The molecule has 0 bridgehead atoms. The van der Waals surface area contributed by atoms with Crippen LogP contribution in [0.3, 0.4) is 0 Å². The van der Waals surface area contributed by atoms with Gasteiger partial charge >= 0.3 is 25.4 Å². The number of carboxylic acid groups (broad SMARTS) is 2. The van der Waals surface area contributed by atoms with E-state index in [4.69, 9.17) is 24.2 Å². The van der Waals surface area contributed by atoms with Crippen molar-refractivity contribution >= 4 is 46.4 Å². The van der Waals surface area contributed by atoms with Crippen molar-refractivity contribution in [1.29, 1.82) is 0 Å². The molecule has 6 rings (SSSR count). The van der Waals surface area contributed by atoms with Crippen LogP contribution in [-0.4, -0.2) is 68.2 Å². The van der Waals surface area contributed by atoms with Crippen LogP contribution in [0.5, 0.6) is 0 Å². The summed E-state index contributed by atoms with van der Waals surface area (Å²) in [5, 5.41) is 18.9. The molecule has 2 saturated heterocycles. The zero-order valence-electron chi connectivity index (χ0n) is 24.0. The molecule has 13 heteroatoms. The average Bonchev–Trinajstić information content (AvgIpc) is 3.63. The molecule has 0 radical (unpaired) electrons. The number of nitrogens with one attached hydrogen (secondary N) is 1. The number of benzene rings is 3. The van der Waals surface area contributed by atoms with E-state index in [9.17, 15) is 23.1 Å². The van der Waals surface area contributed by atoms with E-state index < -0.39 is 25.4 Å². The highest BCUT2D eigenvalue weighted by atomic mass is 19.4. The van der Waals surface area contributed by atoms with E-state index in [0.717, 1.165) is 51.2 Å². The molecule has 3 aromatic carbocycles. The lowest BCUT2D eigenvalue weighted by atomic mass is 9.78. The Hall–Kier alpha value is -4.10. The molecular weight excluding hydrogens is 566 g/mol. The molecule has 2 fully saturated rings. The summed E-state index contributed by atoms with van der Waals surface area (Å²) in [6.45, 7) is 8.81. The number of nitrogens with zero attached hydrogens (tertiary/aromatic N) is 2. The lowest BCUT2D eigenvalue weighted by Gasteiger charge is -2.32. The highest BCUT2D eigenvalue weighted by Gasteiger charge is 2.51. The van der Waals surface area contributed by atoms with Crippen LogP contribution in [-0.2, 0) is 14.1 Å². The molecule has 4 aromatic rings. The van der Waals surface area contributed by atoms with Crippen molar-refractivity contribution in [2.45, 2.75) is 64.0 Å². The molecule has 3 heterocycles. The Morgan fingerprint density at radius 1 is 0.953 bits per heavy atom. The summed E-state index contributed by atoms with van der Waals surface area (Å²) in [7, 11) is -0.399. The summed E-state index contributed by atoms with van der Waals surface area (Å²) >= 11 is 0. The fourth-order valence-electron chi connectivity index (χ4n) is 5.22. The molecule has 2 aliphatic rings. The van der Waals surface area contributed by atoms with Crippen molar-refractivity contribution in [2.24, 2.45) is 0 Å². The Morgan fingerprint density at radius 3 is 2.19 bits per heavy atom. The van der Waals surface area contributed by atoms with Gasteiger partial charge in [-0.3, -0.25) is 4.90 Å². The van der Waals surface area contributed by atoms with E-state index in [1.807, 2.05) is 6.07 Å². The number of fused-ring (bicyclic) bond motifs is 2. The molecule has 0 aliphatic carbocycles. The van der Waals surface area contributed by atoms with Gasteiger partial charge in [0.15, 0.2) is 0 Å². The van der Waals surface area contributed by atoms with E-state index in [1.54, 1.807) is 0 Å². The minimum absolute atomic E-state index is 0.215. The zero-order valence-corrected chi connectivity index (χ0v) is 24.0. The fourth-order valence-corrected chi connectivity index (χ4v) is 5.22. The first-order chi connectivity index (χ1) is 20.1. The number of carbonyl (C=O) groups is 2. The largest absolute Gasteiger partial charge is 0.494 e. The maximum Gasteiger partial charge on any atom is 0.494 e. The molecule has 0 spiro atoms. The predicted molar refractivity (Wildman–Crippen MR) is 155 cm³/mol. The van der Waals surface area contributed by atoms with Gasteiger partial charge < -0.3 is 24.5 Å². The molecule has 0 saturated carbocycles. The quantitative estimate of drug-likeness (QED) is 0.243. The van der Waals surface area contributed by atoms with Crippen LogP contribution in [0, 0.1) is 0 Å². The number of amides is 1. The number of H-pyrrole nitrogens is 1. The van der Waals surface area contributed by atoms with E-state index in [2.05, 4.69) is 81.2 Å². The molecule has 1 unspecified atom stereocenters. The number of aliphatic carboxylic acids is 1. The Bertz CT molecular complexity index is 1690. The molecule has 226 valence electrons. The number of likely N-dealkylation sites (tertiary alicyclic amines) is 1. The third kappa shape index (κ3) is 6.05. The predicted octanol–water partition coefficient (Wildman–Crippen LogP) is 6.13. The van der Waals surface area contributed by atoms with Crippen LogP contribution in [0.15, 0.2) is 54.6 Å². The van der Waals surface area contributed by atoms with Gasteiger partial charge in [-0.1, -0.05) is 36.4 Å². The van der Waals surface area contributed by atoms with Crippen LogP contribution in [0.2, 0.25) is 0 Å². The van der Waals surface area contributed by atoms with Gasteiger partial charge in [0.1, 0.15) is 5.82 Å². The molecule has 9 nitrogen and oxygen atoms in total. The van der Waals surface area contributed by atoms with Crippen molar-refractivity contribution in [3.8, 4) is 11.1 Å². The zero-order chi connectivity index (χ0) is 31.3. The SMILES string of the molecule is CC1(C)OB(c2ccc3ccc(-c4ccc5nc(C6CCCN6C(=O)O)[nH]c5c4)cc3c2)OC1(C)C.O=C(O)C(F)(F)F. The number of imidazole rings is 1. The highest BCUT2D eigenvalue weighted by Crippen LogP contribution is 2.37. The molecule has 43 heavy (non-hydrogen) atoms. The van der Waals surface area contributed by atoms with Crippen LogP contribution < -0.4 is 5.46 Å². The smallest absolute Gasteiger partial charge is 0.475 e. The van der Waals surface area contributed by atoms with Crippen molar-refractivity contribution in [1.82, 2.24) is 14.9 Å². The van der Waals surface area contributed by atoms with E-state index in [-0.39, 0.29) is 17.2 Å². The standard InChI is InChI=1S/C28H30BN3O4.C2HF3O2/c1-27(2)28(3,4)36-29(35-27)21-11-9-17-7-8-18(14-20(17)15-21)19-10-12-22-23(16-19)31-25(30-22)24-6-5-13-32(24)26(33)34;3-2(4,5)1(6)7/h7-12,14-16,24H,5-6,13H2,1-4H3,(H,30,31)(H,33,34);(H,6,7). The number of halogens is 3. The Morgan fingerprint density at radius 2 is 1.56 bits per heavy atom. The Balaban J connectivity index is 0.000000472. The summed E-state index contributed by atoms with van der Waals surface area (Å²) in [5.41, 5.74) is 4.16. The van der Waals surface area contributed by atoms with Gasteiger partial charge in [-0.15, -0.1) is 0 Å². The third-order valence-corrected chi connectivity index (χ3v) is 8.28. The highest BCUT2D eigenvalue weighted by molar-refractivity contribution is 6.62. The number of alkyl halides is 3. The number of aromatic nitrogens is 2. The molecule has 2 aliphatic heterocycles. The first kappa shape index (κ1) is 30.4. The third-order valence-electron chi connectivity index (χ3n) is 8.28. The van der Waals surface area contributed by atoms with Crippen LogP contribution in [0.4, 0.5) is 18.0 Å². The van der Waals surface area contributed by atoms with E-state index in [1.165, 1.54) is 4.90 Å². The van der Waals surface area contributed by atoms with Gasteiger partial charge in [-0.05, 0) is 86.1 Å². The monoisotopic (exact) mass is 597 g/mol. The number of aromatic amines is 1. The van der Waals surface area contributed by atoms with Crippen LogP contribution >= 0.6 is 0 Å². The van der Waals surface area contributed by atoms with Crippen molar-refractivity contribution < 1.29 is 42.3 Å². The van der Waals surface area contributed by atoms with Gasteiger partial charge in [0, 0.05) is 6.54 Å². The number of hydrogen-bond donors (Lipinski definition) is 3. The lowest BCUT2D eigenvalue weighted by Crippen LogP contribution is -2.41. The fraction of sp³-hybridized carbons (Fsp3) is 0.367. The normalized spacial score (nSPS) is 19.5. The summed E-state index contributed by atoms with van der Waals surface area (Å²) in [6, 6.07) is 18.7. The van der Waals surface area contributed by atoms with Crippen molar-refractivity contribution in [3.63, 3.8) is 0 Å². The van der Waals surface area contributed by atoms with Gasteiger partial charge in [-0.2, -0.15) is 13.2 Å². The molecular formula is C30H31BF3N3O6. The van der Waals surface area contributed by atoms with Gasteiger partial charge in [0.05, 0.1) is 28.3 Å². The first-order valence-corrected chi connectivity index (χ1v) is 13.7. The van der Waals surface area contributed by atoms with Gasteiger partial charge in [-0.25, -0.2) is 14.6 Å². The summed E-state index contributed by atoms with van der Waals surface area (Å²) in [4.78, 5) is 30.0. The summed E-state index contributed by atoms with van der Waals surface area (Å²) in [6.07, 6.45) is -4.34. The van der Waals surface area contributed by atoms with E-state index in [0.29, 0.717) is 12.4 Å². The van der Waals surface area contributed by atoms with Crippen molar-refractivity contribution in [3.05, 3.63) is 60.4 Å². The second-order valence-electron chi connectivity index (χ2n) is 11.7. The maximum absolute atomic E-state index is 11.6. The first-order valence-electron chi connectivity index (χ1n) is 13.7.